The largest absolute Gasteiger partial charge is 1.00 e. The molecule has 4 rings (SSSR count). The monoisotopic (exact) mass is 367 g/mol. The zero-order chi connectivity index (χ0) is 17.0. The van der Waals surface area contributed by atoms with Crippen molar-refractivity contribution < 1.29 is 49.0 Å². The zero-order valence-electron chi connectivity index (χ0n) is 13.8. The van der Waals surface area contributed by atoms with Gasteiger partial charge in [-0.05, 0) is 18.6 Å². The third-order valence-electron chi connectivity index (χ3n) is 4.83. The third-order valence-corrected chi connectivity index (χ3v) is 6.05. The summed E-state index contributed by atoms with van der Waals surface area (Å²) in [6.07, 6.45) is 3.91. The molecule has 0 N–H and O–H groups in total. The molecule has 0 aromatic carbocycles. The smallest absolute Gasteiger partial charge is 0.543 e. The zero-order valence-corrected chi connectivity index (χ0v) is 16.7. The summed E-state index contributed by atoms with van der Waals surface area (Å²) in [5.74, 6) is -1.90. The second kappa shape index (κ2) is 6.75. The molecule has 0 saturated carbocycles. The molecule has 1 aromatic heterocycles. The van der Waals surface area contributed by atoms with E-state index in [1.54, 1.807) is 29.4 Å². The molecule has 1 unspecified atom stereocenters. The van der Waals surface area contributed by atoms with Crippen molar-refractivity contribution in [1.82, 2.24) is 14.8 Å². The number of hydrogen-bond acceptors (Lipinski definition) is 6. The molecule has 0 spiro atoms. The summed E-state index contributed by atoms with van der Waals surface area (Å²) < 4.78 is 0. The SMILES string of the molecule is CC(=O)N1CCC2C(Sc3ccncc3)=C(C(=O)[O-])N3C(=O)[C@@H]1[C@@H]23.[Na+]. The third kappa shape index (κ3) is 2.71. The van der Waals surface area contributed by atoms with E-state index in [0.29, 0.717) is 17.9 Å². The predicted octanol–water partition coefficient (Wildman–Crippen LogP) is -3.40. The minimum absolute atomic E-state index is 0. The van der Waals surface area contributed by atoms with Crippen molar-refractivity contribution in [2.45, 2.75) is 30.3 Å². The van der Waals surface area contributed by atoms with Gasteiger partial charge in [0.05, 0.1) is 17.7 Å². The van der Waals surface area contributed by atoms with Gasteiger partial charge < -0.3 is 19.7 Å². The molecule has 1 aromatic rings. The molecule has 0 radical (unpaired) electrons. The van der Waals surface area contributed by atoms with Gasteiger partial charge in [0.2, 0.25) is 5.91 Å². The fourth-order valence-corrected chi connectivity index (χ4v) is 5.05. The Morgan fingerprint density at radius 1 is 1.32 bits per heavy atom. The van der Waals surface area contributed by atoms with E-state index in [9.17, 15) is 19.5 Å². The topological polar surface area (TPSA) is 93.6 Å². The molecular weight excluding hydrogens is 353 g/mol. The van der Waals surface area contributed by atoms with Crippen molar-refractivity contribution in [3.05, 3.63) is 35.1 Å². The number of β-lactam (4-membered cyclic amide) rings is 1. The number of carboxylic acids is 1. The number of carbonyl (C=O) groups is 3. The Labute approximate surface area is 170 Å². The normalized spacial score (nSPS) is 26.8. The van der Waals surface area contributed by atoms with Crippen LogP contribution in [0.4, 0.5) is 0 Å². The van der Waals surface area contributed by atoms with Crippen molar-refractivity contribution >= 4 is 29.5 Å². The van der Waals surface area contributed by atoms with Crippen LogP contribution in [-0.2, 0) is 14.4 Å². The number of nitrogens with zero attached hydrogens (tertiary/aromatic N) is 3. The summed E-state index contributed by atoms with van der Waals surface area (Å²) in [5.41, 5.74) is -0.0431. The summed E-state index contributed by atoms with van der Waals surface area (Å²) in [6.45, 7) is 1.90. The number of aliphatic carboxylic acids is 1. The maximum atomic E-state index is 12.5. The van der Waals surface area contributed by atoms with Crippen molar-refractivity contribution in [3.8, 4) is 0 Å². The Morgan fingerprint density at radius 3 is 2.60 bits per heavy atom. The Kier molecular flexibility index (Phi) is 4.98. The molecule has 3 atom stereocenters. The minimum Gasteiger partial charge on any atom is -0.543 e. The number of piperidine rings is 1. The number of thioether (sulfide) groups is 1. The summed E-state index contributed by atoms with van der Waals surface area (Å²) in [6, 6.07) is 2.76. The van der Waals surface area contributed by atoms with E-state index in [1.807, 2.05) is 0 Å². The number of amides is 2. The molecule has 0 aliphatic carbocycles. The number of aromatic nitrogens is 1. The van der Waals surface area contributed by atoms with Crippen LogP contribution in [-0.4, -0.2) is 51.2 Å². The Hall–Kier alpha value is -1.35. The van der Waals surface area contributed by atoms with Crippen LogP contribution < -0.4 is 34.7 Å². The van der Waals surface area contributed by atoms with E-state index in [0.717, 1.165) is 4.90 Å². The van der Waals surface area contributed by atoms with Crippen molar-refractivity contribution in [1.29, 1.82) is 0 Å². The fourth-order valence-electron chi connectivity index (χ4n) is 3.85. The van der Waals surface area contributed by atoms with Gasteiger partial charge in [0.1, 0.15) is 6.04 Å². The number of pyridine rings is 1. The molecule has 0 bridgehead atoms. The number of carboxylic acid groups (broad SMARTS) is 1. The fraction of sp³-hybridized carbons (Fsp3) is 0.375. The van der Waals surface area contributed by atoms with Gasteiger partial charge in [-0.15, -0.1) is 0 Å². The van der Waals surface area contributed by atoms with Gasteiger partial charge in [-0.1, -0.05) is 11.8 Å². The average Bonchev–Trinajstić information content (AvgIpc) is 2.87. The van der Waals surface area contributed by atoms with E-state index in [1.165, 1.54) is 23.6 Å². The average molecular weight is 367 g/mol. The number of rotatable bonds is 3. The van der Waals surface area contributed by atoms with Gasteiger partial charge in [0, 0.05) is 41.6 Å². The van der Waals surface area contributed by atoms with E-state index in [-0.39, 0.29) is 59.0 Å². The molecule has 2 fully saturated rings. The van der Waals surface area contributed by atoms with Crippen LogP contribution in [0.3, 0.4) is 0 Å². The first kappa shape index (κ1) is 18.4. The quantitative estimate of drug-likeness (QED) is 0.408. The molecule has 124 valence electrons. The van der Waals surface area contributed by atoms with Crippen LogP contribution in [0.15, 0.2) is 40.0 Å². The van der Waals surface area contributed by atoms with E-state index in [2.05, 4.69) is 4.98 Å². The molecule has 9 heteroatoms. The Morgan fingerprint density at radius 2 is 2.00 bits per heavy atom. The summed E-state index contributed by atoms with van der Waals surface area (Å²) in [7, 11) is 0. The maximum Gasteiger partial charge on any atom is 1.00 e. The van der Waals surface area contributed by atoms with E-state index < -0.39 is 12.0 Å². The van der Waals surface area contributed by atoms with Crippen LogP contribution in [0, 0.1) is 5.92 Å². The molecule has 4 heterocycles. The maximum absolute atomic E-state index is 12.5. The van der Waals surface area contributed by atoms with Crippen LogP contribution in [0.25, 0.3) is 0 Å². The minimum atomic E-state index is -1.35. The van der Waals surface area contributed by atoms with Gasteiger partial charge in [0.15, 0.2) is 0 Å². The Balaban J connectivity index is 0.00000182. The summed E-state index contributed by atoms with van der Waals surface area (Å²) in [4.78, 5) is 44.2. The molecule has 2 saturated heterocycles. The van der Waals surface area contributed by atoms with E-state index >= 15 is 0 Å². The Bertz CT molecular complexity index is 785. The number of likely N-dealkylation sites (tertiary alicyclic amines) is 1. The molecule has 3 aliphatic heterocycles. The standard InChI is InChI=1S/C16H15N3O4S.Na/c1-8(20)18-7-4-10-11-12(18)15(21)19(11)13(16(22)23)14(10)24-9-2-5-17-6-3-9;/h2-3,5-6,10-12H,4,7H2,1H3,(H,22,23);/q;+1/p-1/t10?,11-,12+;/m1./s1. The second-order valence-corrected chi connectivity index (χ2v) is 7.15. The van der Waals surface area contributed by atoms with Crippen molar-refractivity contribution in [2.75, 3.05) is 6.54 Å². The first-order valence-electron chi connectivity index (χ1n) is 7.64. The summed E-state index contributed by atoms with van der Waals surface area (Å²) in [5, 5.41) is 11.7. The number of carbonyl (C=O) groups excluding carboxylic acids is 3. The molecule has 25 heavy (non-hydrogen) atoms. The van der Waals surface area contributed by atoms with Crippen molar-refractivity contribution in [2.24, 2.45) is 5.92 Å². The predicted molar refractivity (Wildman–Crippen MR) is 82.0 cm³/mol. The molecular formula is C16H14N3NaO4S. The molecule has 2 amide bonds. The molecule has 7 nitrogen and oxygen atoms in total. The second-order valence-electron chi connectivity index (χ2n) is 6.04. The number of hydrogen-bond donors (Lipinski definition) is 0. The van der Waals surface area contributed by atoms with Gasteiger partial charge in [-0.2, -0.15) is 0 Å². The first-order valence-corrected chi connectivity index (χ1v) is 8.46. The van der Waals surface area contributed by atoms with Gasteiger partial charge in [-0.25, -0.2) is 0 Å². The van der Waals surface area contributed by atoms with Crippen LogP contribution in [0.1, 0.15) is 13.3 Å². The van der Waals surface area contributed by atoms with Gasteiger partial charge >= 0.3 is 29.6 Å². The molecule has 3 aliphatic rings. The van der Waals surface area contributed by atoms with Crippen LogP contribution in [0.2, 0.25) is 0 Å². The van der Waals surface area contributed by atoms with Crippen molar-refractivity contribution in [3.63, 3.8) is 0 Å². The van der Waals surface area contributed by atoms with Crippen LogP contribution >= 0.6 is 11.8 Å². The van der Waals surface area contributed by atoms with E-state index in [4.69, 9.17) is 0 Å². The van der Waals surface area contributed by atoms with Gasteiger partial charge in [-0.3, -0.25) is 14.6 Å². The van der Waals surface area contributed by atoms with Gasteiger partial charge in [0.25, 0.3) is 5.91 Å². The van der Waals surface area contributed by atoms with Crippen LogP contribution in [0.5, 0.6) is 0 Å². The first-order chi connectivity index (χ1) is 11.5. The summed E-state index contributed by atoms with van der Waals surface area (Å²) >= 11 is 1.34.